The van der Waals surface area contributed by atoms with E-state index in [0.717, 1.165) is 11.1 Å². The fourth-order valence-electron chi connectivity index (χ4n) is 2.05. The highest BCUT2D eigenvalue weighted by Crippen LogP contribution is 2.22. The molecule has 2 rings (SSSR count). The largest absolute Gasteiger partial charge is 0.460 e. The summed E-state index contributed by atoms with van der Waals surface area (Å²) in [6.45, 7) is 0.395. The molecule has 28 heavy (non-hydrogen) atoms. The summed E-state index contributed by atoms with van der Waals surface area (Å²) >= 11 is 0. The van der Waals surface area contributed by atoms with Crippen molar-refractivity contribution in [3.05, 3.63) is 71.8 Å². The van der Waals surface area contributed by atoms with Crippen LogP contribution in [0.3, 0.4) is 0 Å². The zero-order chi connectivity index (χ0) is 20.2. The van der Waals surface area contributed by atoms with Gasteiger partial charge in [0, 0.05) is 11.5 Å². The summed E-state index contributed by atoms with van der Waals surface area (Å²) in [6, 6.07) is 17.3. The van der Waals surface area contributed by atoms with Crippen molar-refractivity contribution in [2.75, 3.05) is 11.5 Å². The average molecular weight is 421 g/mol. The Labute approximate surface area is 172 Å². The molecule has 0 heterocycles. The first-order chi connectivity index (χ1) is 13.6. The van der Waals surface area contributed by atoms with Crippen LogP contribution in [0, 0.1) is 0 Å². The maximum Gasteiger partial charge on any atom is 0.324 e. The smallest absolute Gasteiger partial charge is 0.324 e. The van der Waals surface area contributed by atoms with E-state index in [1.54, 1.807) is 0 Å². The highest BCUT2D eigenvalue weighted by atomic mass is 33.1. The van der Waals surface area contributed by atoms with Crippen LogP contribution in [0.4, 0.5) is 0 Å². The molecule has 4 N–H and O–H groups in total. The number of nitrogens with two attached hydrogens (primary N) is 2. The number of esters is 2. The van der Waals surface area contributed by atoms with Crippen molar-refractivity contribution in [3.8, 4) is 0 Å². The van der Waals surface area contributed by atoms with Gasteiger partial charge in [0.15, 0.2) is 0 Å². The SMILES string of the molecule is N[C@H](CSSC[C@H](N)C(=O)OCc1ccccc1)C(=O)OCc1ccccc1. The topological polar surface area (TPSA) is 105 Å². The molecule has 0 aliphatic heterocycles. The fourth-order valence-corrected chi connectivity index (χ4v) is 4.27. The molecule has 0 bridgehead atoms. The minimum atomic E-state index is -0.734. The second-order valence-corrected chi connectivity index (χ2v) is 8.52. The summed E-state index contributed by atoms with van der Waals surface area (Å²) in [7, 11) is 2.75. The van der Waals surface area contributed by atoms with Gasteiger partial charge in [0.05, 0.1) is 0 Å². The Morgan fingerprint density at radius 2 is 1.07 bits per heavy atom. The van der Waals surface area contributed by atoms with Gasteiger partial charge in [0.2, 0.25) is 0 Å². The number of carbonyl (C=O) groups excluding carboxylic acids is 2. The van der Waals surface area contributed by atoms with Crippen LogP contribution in [0.1, 0.15) is 11.1 Å². The number of rotatable bonds is 11. The Bertz CT molecular complexity index is 668. The summed E-state index contributed by atoms with van der Waals surface area (Å²) in [4.78, 5) is 23.8. The molecule has 0 aromatic heterocycles. The normalized spacial score (nSPS) is 12.8. The summed E-state index contributed by atoms with van der Waals surface area (Å²) in [5.41, 5.74) is 13.5. The van der Waals surface area contributed by atoms with Crippen molar-refractivity contribution in [1.29, 1.82) is 0 Å². The summed E-state index contributed by atoms with van der Waals surface area (Å²) < 4.78 is 10.4. The molecule has 0 aliphatic carbocycles. The molecule has 0 radical (unpaired) electrons. The molecular weight excluding hydrogens is 396 g/mol. The van der Waals surface area contributed by atoms with Crippen LogP contribution < -0.4 is 11.5 Å². The molecule has 0 aliphatic rings. The van der Waals surface area contributed by atoms with E-state index in [9.17, 15) is 9.59 Å². The number of hydrogen-bond acceptors (Lipinski definition) is 8. The maximum atomic E-state index is 11.9. The second kappa shape index (κ2) is 12.5. The van der Waals surface area contributed by atoms with E-state index >= 15 is 0 Å². The van der Waals surface area contributed by atoms with Crippen LogP contribution in [-0.4, -0.2) is 35.5 Å². The van der Waals surface area contributed by atoms with Crippen LogP contribution >= 0.6 is 21.6 Å². The molecule has 0 spiro atoms. The number of ether oxygens (including phenoxy) is 2. The van der Waals surface area contributed by atoms with Gasteiger partial charge in [-0.15, -0.1) is 0 Å². The predicted octanol–water partition coefficient (Wildman–Crippen LogP) is 2.51. The molecular formula is C20H24N2O4S2. The van der Waals surface area contributed by atoms with E-state index in [0.29, 0.717) is 11.5 Å². The van der Waals surface area contributed by atoms with Gasteiger partial charge in [-0.1, -0.05) is 82.3 Å². The lowest BCUT2D eigenvalue weighted by Gasteiger charge is -2.13. The van der Waals surface area contributed by atoms with Crippen LogP contribution in [0.15, 0.2) is 60.7 Å². The van der Waals surface area contributed by atoms with E-state index < -0.39 is 24.0 Å². The number of hydrogen-bond donors (Lipinski definition) is 2. The standard InChI is InChI=1S/C20H24N2O4S2/c21-17(19(23)25-11-15-7-3-1-4-8-15)13-27-28-14-18(22)20(24)26-12-16-9-5-2-6-10-16/h1-10,17-18H,11-14,21-22H2/t17-,18+. The summed E-state index contributed by atoms with van der Waals surface area (Å²) in [5, 5.41) is 0. The highest BCUT2D eigenvalue weighted by molar-refractivity contribution is 8.76. The van der Waals surface area contributed by atoms with Gasteiger partial charge in [0.1, 0.15) is 25.3 Å². The van der Waals surface area contributed by atoms with Gasteiger partial charge >= 0.3 is 11.9 Å². The van der Waals surface area contributed by atoms with Crippen LogP contribution in [0.25, 0.3) is 0 Å². The number of carbonyl (C=O) groups is 2. The Balaban J connectivity index is 1.57. The van der Waals surface area contributed by atoms with E-state index in [1.165, 1.54) is 21.6 Å². The third kappa shape index (κ3) is 8.35. The lowest BCUT2D eigenvalue weighted by molar-refractivity contribution is -0.146. The second-order valence-electron chi connectivity index (χ2n) is 5.97. The Kier molecular flexibility index (Phi) is 9.92. The lowest BCUT2D eigenvalue weighted by Crippen LogP contribution is -2.35. The van der Waals surface area contributed by atoms with Gasteiger partial charge < -0.3 is 20.9 Å². The van der Waals surface area contributed by atoms with Crippen LogP contribution in [0.2, 0.25) is 0 Å². The molecule has 0 amide bonds. The molecule has 150 valence electrons. The molecule has 0 unspecified atom stereocenters. The highest BCUT2D eigenvalue weighted by Gasteiger charge is 2.18. The van der Waals surface area contributed by atoms with Crippen molar-refractivity contribution < 1.29 is 19.1 Å². The zero-order valence-electron chi connectivity index (χ0n) is 15.4. The zero-order valence-corrected chi connectivity index (χ0v) is 17.0. The van der Waals surface area contributed by atoms with Crippen molar-refractivity contribution in [1.82, 2.24) is 0 Å². The quantitative estimate of drug-likeness (QED) is 0.325. The molecule has 0 fully saturated rings. The third-order valence-corrected chi connectivity index (χ3v) is 6.11. The summed E-state index contributed by atoms with van der Waals surface area (Å²) in [5.74, 6) is -0.180. The molecule has 2 aromatic rings. The van der Waals surface area contributed by atoms with Gasteiger partial charge in [-0.3, -0.25) is 9.59 Å². The van der Waals surface area contributed by atoms with E-state index in [2.05, 4.69) is 0 Å². The number of benzene rings is 2. The first kappa shape index (κ1) is 22.3. The van der Waals surface area contributed by atoms with Crippen LogP contribution in [0.5, 0.6) is 0 Å². The molecule has 0 saturated heterocycles. The van der Waals surface area contributed by atoms with Gasteiger partial charge in [-0.25, -0.2) is 0 Å². The maximum absolute atomic E-state index is 11.9. The molecule has 8 heteroatoms. The monoisotopic (exact) mass is 420 g/mol. The minimum absolute atomic E-state index is 0.198. The van der Waals surface area contributed by atoms with E-state index in [1.807, 2.05) is 60.7 Å². The van der Waals surface area contributed by atoms with Crippen LogP contribution in [-0.2, 0) is 32.3 Å². The van der Waals surface area contributed by atoms with Crippen molar-refractivity contribution >= 4 is 33.5 Å². The fraction of sp³-hybridized carbons (Fsp3) is 0.300. The predicted molar refractivity (Wildman–Crippen MR) is 113 cm³/mol. The van der Waals surface area contributed by atoms with Gasteiger partial charge in [-0.2, -0.15) is 0 Å². The average Bonchev–Trinajstić information content (AvgIpc) is 2.74. The molecule has 2 atom stereocenters. The molecule has 0 saturated carbocycles. The summed E-state index contributed by atoms with van der Waals surface area (Å²) in [6.07, 6.45) is 0. The Morgan fingerprint density at radius 3 is 1.43 bits per heavy atom. The Hall–Kier alpha value is -2.00. The van der Waals surface area contributed by atoms with E-state index in [-0.39, 0.29) is 13.2 Å². The van der Waals surface area contributed by atoms with Crippen molar-refractivity contribution in [2.45, 2.75) is 25.3 Å². The van der Waals surface area contributed by atoms with E-state index in [4.69, 9.17) is 20.9 Å². The molecule has 6 nitrogen and oxygen atoms in total. The first-order valence-electron chi connectivity index (χ1n) is 8.73. The minimum Gasteiger partial charge on any atom is -0.460 e. The lowest BCUT2D eigenvalue weighted by atomic mass is 10.2. The van der Waals surface area contributed by atoms with Crippen molar-refractivity contribution in [2.24, 2.45) is 11.5 Å². The third-order valence-electron chi connectivity index (χ3n) is 3.63. The Morgan fingerprint density at radius 1 is 0.714 bits per heavy atom. The first-order valence-corrected chi connectivity index (χ1v) is 11.2. The van der Waals surface area contributed by atoms with Gasteiger partial charge in [-0.05, 0) is 11.1 Å². The van der Waals surface area contributed by atoms with Crippen molar-refractivity contribution in [3.63, 3.8) is 0 Å². The molecule has 2 aromatic carbocycles. The van der Waals surface area contributed by atoms with Gasteiger partial charge in [0.25, 0.3) is 0 Å².